The molecule has 0 saturated carbocycles. The smallest absolute Gasteiger partial charge is 0.268 e. The van der Waals surface area contributed by atoms with E-state index in [0.29, 0.717) is 16.6 Å². The Balaban J connectivity index is 2.47. The number of aryl methyl sites for hydroxylation is 1. The van der Waals surface area contributed by atoms with Crippen LogP contribution in [0.4, 0.5) is 0 Å². The van der Waals surface area contributed by atoms with E-state index in [-0.39, 0.29) is 10.3 Å². The van der Waals surface area contributed by atoms with Gasteiger partial charge in [-0.05, 0) is 31.2 Å². The minimum Gasteiger partial charge on any atom is -0.289 e. The summed E-state index contributed by atoms with van der Waals surface area (Å²) in [5.74, 6) is 0. The molecule has 4 nitrogen and oxygen atoms in total. The number of hydrogen-bond donors (Lipinski definition) is 0. The molecule has 3 rings (SSSR count). The molecule has 3 aromatic rings. The molecule has 0 fully saturated rings. The highest BCUT2D eigenvalue weighted by atomic mass is 32.2. The molecule has 0 radical (unpaired) electrons. The standard InChI is InChI=1S/C20H21NO3S/c1-14-9-11-15(12-10-14)25(23,24)21-17-8-6-5-7-16(17)18(22)13-19(21)20(2,3)4/h5-13H,1-4H3. The van der Waals surface area contributed by atoms with Crippen molar-refractivity contribution in [2.75, 3.05) is 0 Å². The zero-order valence-electron chi connectivity index (χ0n) is 14.8. The first-order chi connectivity index (χ1) is 11.6. The first-order valence-electron chi connectivity index (χ1n) is 8.10. The maximum absolute atomic E-state index is 13.4. The van der Waals surface area contributed by atoms with Crippen molar-refractivity contribution in [1.82, 2.24) is 3.97 Å². The van der Waals surface area contributed by atoms with Gasteiger partial charge in [0.2, 0.25) is 0 Å². The average Bonchev–Trinajstić information content (AvgIpc) is 2.54. The third kappa shape index (κ3) is 3.00. The van der Waals surface area contributed by atoms with Crippen molar-refractivity contribution in [1.29, 1.82) is 0 Å². The van der Waals surface area contributed by atoms with Crippen molar-refractivity contribution in [3.05, 3.63) is 76.1 Å². The molecule has 130 valence electrons. The minimum atomic E-state index is -3.84. The Hall–Kier alpha value is -2.40. The molecule has 0 aliphatic heterocycles. The first-order valence-corrected chi connectivity index (χ1v) is 9.54. The molecular weight excluding hydrogens is 334 g/mol. The van der Waals surface area contributed by atoms with Gasteiger partial charge in [-0.2, -0.15) is 0 Å². The van der Waals surface area contributed by atoms with Gasteiger partial charge in [-0.1, -0.05) is 50.6 Å². The second-order valence-corrected chi connectivity index (χ2v) is 9.03. The van der Waals surface area contributed by atoms with E-state index < -0.39 is 15.4 Å². The van der Waals surface area contributed by atoms with Crippen molar-refractivity contribution in [3.63, 3.8) is 0 Å². The number of nitrogens with zero attached hydrogens (tertiary/aromatic N) is 1. The second kappa shape index (κ2) is 5.85. The monoisotopic (exact) mass is 355 g/mol. The van der Waals surface area contributed by atoms with Gasteiger partial charge in [0.25, 0.3) is 10.0 Å². The van der Waals surface area contributed by atoms with Crippen LogP contribution in [-0.2, 0) is 15.4 Å². The lowest BCUT2D eigenvalue weighted by molar-refractivity contribution is 0.543. The molecule has 0 bridgehead atoms. The van der Waals surface area contributed by atoms with Gasteiger partial charge in [0.15, 0.2) is 5.43 Å². The van der Waals surface area contributed by atoms with E-state index in [1.54, 1.807) is 48.5 Å². The Morgan fingerprint density at radius 1 is 0.920 bits per heavy atom. The highest BCUT2D eigenvalue weighted by molar-refractivity contribution is 7.90. The van der Waals surface area contributed by atoms with Crippen molar-refractivity contribution in [3.8, 4) is 0 Å². The average molecular weight is 355 g/mol. The number of para-hydroxylation sites is 1. The third-order valence-corrected chi connectivity index (χ3v) is 5.94. The third-order valence-electron chi connectivity index (χ3n) is 4.20. The summed E-state index contributed by atoms with van der Waals surface area (Å²) in [5, 5.41) is 0.395. The quantitative estimate of drug-likeness (QED) is 0.702. The topological polar surface area (TPSA) is 56.1 Å². The van der Waals surface area contributed by atoms with Crippen LogP contribution in [0.1, 0.15) is 32.0 Å². The van der Waals surface area contributed by atoms with Gasteiger partial charge < -0.3 is 0 Å². The van der Waals surface area contributed by atoms with Crippen LogP contribution in [0.15, 0.2) is 64.3 Å². The van der Waals surface area contributed by atoms with Crippen LogP contribution in [-0.4, -0.2) is 12.4 Å². The highest BCUT2D eigenvalue weighted by Crippen LogP contribution is 2.29. The Morgan fingerprint density at radius 3 is 2.12 bits per heavy atom. The van der Waals surface area contributed by atoms with E-state index in [4.69, 9.17) is 0 Å². The van der Waals surface area contributed by atoms with Crippen molar-refractivity contribution in [2.24, 2.45) is 0 Å². The van der Waals surface area contributed by atoms with Crippen LogP contribution in [0, 0.1) is 6.92 Å². The Labute approximate surface area is 147 Å². The summed E-state index contributed by atoms with van der Waals surface area (Å²) in [5.41, 5.74) is 1.17. The van der Waals surface area contributed by atoms with E-state index in [9.17, 15) is 13.2 Å². The van der Waals surface area contributed by atoms with Gasteiger partial charge in [0.1, 0.15) is 0 Å². The predicted octanol–water partition coefficient (Wildman–Crippen LogP) is 3.84. The minimum absolute atomic E-state index is 0.170. The van der Waals surface area contributed by atoms with E-state index in [2.05, 4.69) is 0 Å². The number of rotatable bonds is 2. The van der Waals surface area contributed by atoms with Gasteiger partial charge in [-0.15, -0.1) is 0 Å². The molecule has 0 spiro atoms. The molecule has 1 heterocycles. The number of hydrogen-bond acceptors (Lipinski definition) is 3. The molecule has 0 unspecified atom stereocenters. The number of benzene rings is 2. The van der Waals surface area contributed by atoms with E-state index >= 15 is 0 Å². The van der Waals surface area contributed by atoms with Gasteiger partial charge in [-0.25, -0.2) is 12.4 Å². The molecule has 5 heteroatoms. The lowest BCUT2D eigenvalue weighted by atomic mass is 9.91. The van der Waals surface area contributed by atoms with Crippen LogP contribution in [0.3, 0.4) is 0 Å². The molecule has 0 aliphatic carbocycles. The normalized spacial score (nSPS) is 12.5. The summed E-state index contributed by atoms with van der Waals surface area (Å²) >= 11 is 0. The fourth-order valence-corrected chi connectivity index (χ4v) is 4.54. The van der Waals surface area contributed by atoms with Crippen molar-refractivity contribution in [2.45, 2.75) is 38.0 Å². The molecular formula is C20H21NO3S. The highest BCUT2D eigenvalue weighted by Gasteiger charge is 2.28. The predicted molar refractivity (Wildman–Crippen MR) is 101 cm³/mol. The van der Waals surface area contributed by atoms with Crippen LogP contribution in [0.2, 0.25) is 0 Å². The first kappa shape index (κ1) is 17.4. The van der Waals surface area contributed by atoms with Gasteiger partial charge in [0, 0.05) is 22.6 Å². The van der Waals surface area contributed by atoms with Gasteiger partial charge in [0.05, 0.1) is 10.4 Å². The summed E-state index contributed by atoms with van der Waals surface area (Å²) in [4.78, 5) is 12.7. The summed E-state index contributed by atoms with van der Waals surface area (Å²) in [7, 11) is -3.84. The number of aromatic nitrogens is 1. The van der Waals surface area contributed by atoms with E-state index in [0.717, 1.165) is 5.56 Å². The maximum Gasteiger partial charge on any atom is 0.268 e. The maximum atomic E-state index is 13.4. The summed E-state index contributed by atoms with van der Waals surface area (Å²) < 4.78 is 28.1. The van der Waals surface area contributed by atoms with E-state index in [1.165, 1.54) is 10.0 Å². The second-order valence-electron chi connectivity index (χ2n) is 7.24. The SMILES string of the molecule is Cc1ccc(S(=O)(=O)n2c(C(C)(C)C)cc(=O)c3ccccc32)cc1. The molecule has 0 N–H and O–H groups in total. The largest absolute Gasteiger partial charge is 0.289 e. The molecule has 0 atom stereocenters. The van der Waals surface area contributed by atoms with Crippen molar-refractivity contribution >= 4 is 20.9 Å². The molecule has 2 aromatic carbocycles. The molecule has 0 amide bonds. The van der Waals surface area contributed by atoms with Crippen LogP contribution in [0.25, 0.3) is 10.9 Å². The summed E-state index contributed by atoms with van der Waals surface area (Å²) in [6, 6.07) is 15.0. The van der Waals surface area contributed by atoms with Crippen LogP contribution < -0.4 is 5.43 Å². The Kier molecular flexibility index (Phi) is 4.07. The van der Waals surface area contributed by atoms with Gasteiger partial charge >= 0.3 is 0 Å². The Morgan fingerprint density at radius 2 is 1.52 bits per heavy atom. The summed E-state index contributed by atoms with van der Waals surface area (Å²) in [6.45, 7) is 7.61. The summed E-state index contributed by atoms with van der Waals surface area (Å²) in [6.07, 6.45) is 0. The Bertz CT molecular complexity index is 1100. The lowest BCUT2D eigenvalue weighted by Gasteiger charge is -2.26. The van der Waals surface area contributed by atoms with Crippen molar-refractivity contribution < 1.29 is 8.42 Å². The van der Waals surface area contributed by atoms with E-state index in [1.807, 2.05) is 27.7 Å². The lowest BCUT2D eigenvalue weighted by Crippen LogP contribution is -2.28. The molecule has 0 aliphatic rings. The number of fused-ring (bicyclic) bond motifs is 1. The zero-order valence-corrected chi connectivity index (χ0v) is 15.6. The zero-order chi connectivity index (χ0) is 18.4. The van der Waals surface area contributed by atoms with Crippen LogP contribution >= 0.6 is 0 Å². The molecule has 1 aromatic heterocycles. The molecule has 25 heavy (non-hydrogen) atoms. The number of pyridine rings is 1. The molecule has 0 saturated heterocycles. The fraction of sp³-hybridized carbons (Fsp3) is 0.250. The van der Waals surface area contributed by atoms with Crippen LogP contribution in [0.5, 0.6) is 0 Å². The fourth-order valence-electron chi connectivity index (χ4n) is 2.85. The van der Waals surface area contributed by atoms with Gasteiger partial charge in [-0.3, -0.25) is 4.79 Å².